The molecule has 2 aromatic rings. The summed E-state index contributed by atoms with van der Waals surface area (Å²) in [6.45, 7) is 1.85. The highest BCUT2D eigenvalue weighted by atomic mass is 16.5. The summed E-state index contributed by atoms with van der Waals surface area (Å²) in [5, 5.41) is 9.94. The van der Waals surface area contributed by atoms with Crippen LogP contribution in [0.1, 0.15) is 12.7 Å². The Morgan fingerprint density at radius 1 is 1.41 bits per heavy atom. The zero-order valence-electron chi connectivity index (χ0n) is 10.4. The van der Waals surface area contributed by atoms with Gasteiger partial charge < -0.3 is 14.4 Å². The Kier molecular flexibility index (Phi) is 3.45. The molecule has 0 spiro atoms. The lowest BCUT2D eigenvalue weighted by atomic mass is 10.1. The molecule has 4 heteroatoms. The summed E-state index contributed by atoms with van der Waals surface area (Å²) in [4.78, 5) is 4.52. The standard InChI is InChI=1S/C13H18N2O2/c1-9(17-3)12(16)8-13-14-10-6-4-5-7-11(10)15(13)2/h4-7,9,12,16H,8H2,1-3H3. The number of aliphatic hydroxyl groups excluding tert-OH is 1. The van der Waals surface area contributed by atoms with Gasteiger partial charge in [0.25, 0.3) is 0 Å². The van der Waals surface area contributed by atoms with E-state index in [9.17, 15) is 5.11 Å². The minimum Gasteiger partial charge on any atom is -0.390 e. The van der Waals surface area contributed by atoms with Gasteiger partial charge in [0.05, 0.1) is 23.2 Å². The highest BCUT2D eigenvalue weighted by Crippen LogP contribution is 2.16. The van der Waals surface area contributed by atoms with Crippen molar-refractivity contribution in [3.05, 3.63) is 30.1 Å². The molecular formula is C13H18N2O2. The van der Waals surface area contributed by atoms with Crippen LogP contribution in [0, 0.1) is 0 Å². The van der Waals surface area contributed by atoms with E-state index in [1.54, 1.807) is 7.11 Å². The Hall–Kier alpha value is -1.39. The first-order chi connectivity index (χ1) is 8.13. The molecule has 1 heterocycles. The molecule has 0 fully saturated rings. The molecule has 2 unspecified atom stereocenters. The molecule has 17 heavy (non-hydrogen) atoms. The largest absolute Gasteiger partial charge is 0.390 e. The molecule has 2 atom stereocenters. The molecule has 0 saturated carbocycles. The molecule has 0 saturated heterocycles. The number of para-hydroxylation sites is 2. The first-order valence-electron chi connectivity index (χ1n) is 5.74. The maximum Gasteiger partial charge on any atom is 0.112 e. The van der Waals surface area contributed by atoms with Crippen LogP contribution in [0.2, 0.25) is 0 Å². The number of hydrogen-bond donors (Lipinski definition) is 1. The van der Waals surface area contributed by atoms with Crippen LogP contribution in [0.3, 0.4) is 0 Å². The number of ether oxygens (including phenoxy) is 1. The van der Waals surface area contributed by atoms with Crippen LogP contribution in [0.25, 0.3) is 11.0 Å². The zero-order chi connectivity index (χ0) is 12.4. The molecule has 92 valence electrons. The topological polar surface area (TPSA) is 47.3 Å². The van der Waals surface area contributed by atoms with E-state index in [2.05, 4.69) is 4.98 Å². The van der Waals surface area contributed by atoms with E-state index in [1.807, 2.05) is 42.8 Å². The van der Waals surface area contributed by atoms with E-state index in [0.29, 0.717) is 6.42 Å². The van der Waals surface area contributed by atoms with Crippen LogP contribution >= 0.6 is 0 Å². The van der Waals surface area contributed by atoms with Crippen LogP contribution in [-0.4, -0.2) is 34.0 Å². The number of rotatable bonds is 4. The average molecular weight is 234 g/mol. The lowest BCUT2D eigenvalue weighted by Gasteiger charge is -2.16. The quantitative estimate of drug-likeness (QED) is 0.872. The van der Waals surface area contributed by atoms with Crippen molar-refractivity contribution < 1.29 is 9.84 Å². The molecule has 0 aliphatic heterocycles. The first kappa shape index (κ1) is 12.1. The summed E-state index contributed by atoms with van der Waals surface area (Å²) in [5.74, 6) is 0.877. The van der Waals surface area contributed by atoms with E-state index in [4.69, 9.17) is 4.74 Å². The summed E-state index contributed by atoms with van der Waals surface area (Å²) in [5.41, 5.74) is 2.04. The third-order valence-corrected chi connectivity index (χ3v) is 3.19. The number of benzene rings is 1. The summed E-state index contributed by atoms with van der Waals surface area (Å²) in [6.07, 6.45) is -0.217. The lowest BCUT2D eigenvalue weighted by Crippen LogP contribution is -2.28. The van der Waals surface area contributed by atoms with Gasteiger partial charge in [0, 0.05) is 20.6 Å². The fraction of sp³-hybridized carbons (Fsp3) is 0.462. The smallest absolute Gasteiger partial charge is 0.112 e. The Balaban J connectivity index is 2.27. The van der Waals surface area contributed by atoms with Gasteiger partial charge >= 0.3 is 0 Å². The second kappa shape index (κ2) is 4.85. The van der Waals surface area contributed by atoms with Gasteiger partial charge in [-0.05, 0) is 19.1 Å². The summed E-state index contributed by atoms with van der Waals surface area (Å²) < 4.78 is 7.13. The number of imidazole rings is 1. The van der Waals surface area contributed by atoms with E-state index >= 15 is 0 Å². The van der Waals surface area contributed by atoms with Crippen molar-refractivity contribution in [2.45, 2.75) is 25.6 Å². The molecule has 0 amide bonds. The van der Waals surface area contributed by atoms with Crippen LogP contribution < -0.4 is 0 Å². The SMILES string of the molecule is COC(C)C(O)Cc1nc2ccccc2n1C. The van der Waals surface area contributed by atoms with Gasteiger partial charge in [-0.2, -0.15) is 0 Å². The normalized spacial score (nSPS) is 15.1. The summed E-state index contributed by atoms with van der Waals surface area (Å²) in [6, 6.07) is 7.96. The zero-order valence-corrected chi connectivity index (χ0v) is 10.4. The predicted octanol–water partition coefficient (Wildman–Crippen LogP) is 1.51. The molecule has 0 radical (unpaired) electrons. The van der Waals surface area contributed by atoms with E-state index in [1.165, 1.54) is 0 Å². The van der Waals surface area contributed by atoms with Crippen LogP contribution in [-0.2, 0) is 18.2 Å². The second-order valence-electron chi connectivity index (χ2n) is 4.29. The Bertz CT molecular complexity index is 507. The van der Waals surface area contributed by atoms with Gasteiger partial charge in [0.2, 0.25) is 0 Å². The minimum absolute atomic E-state index is 0.185. The number of hydrogen-bond acceptors (Lipinski definition) is 3. The van der Waals surface area contributed by atoms with Gasteiger partial charge in [-0.15, -0.1) is 0 Å². The molecule has 0 bridgehead atoms. The average Bonchev–Trinajstić information content (AvgIpc) is 2.66. The van der Waals surface area contributed by atoms with Gasteiger partial charge in [-0.1, -0.05) is 12.1 Å². The third-order valence-electron chi connectivity index (χ3n) is 3.19. The van der Waals surface area contributed by atoms with Gasteiger partial charge in [-0.3, -0.25) is 0 Å². The molecule has 1 aromatic carbocycles. The Morgan fingerprint density at radius 2 is 2.12 bits per heavy atom. The van der Waals surface area contributed by atoms with Gasteiger partial charge in [-0.25, -0.2) is 4.98 Å². The number of aliphatic hydroxyl groups is 1. The van der Waals surface area contributed by atoms with Crippen molar-refractivity contribution in [2.75, 3.05) is 7.11 Å². The Morgan fingerprint density at radius 3 is 2.76 bits per heavy atom. The first-order valence-corrected chi connectivity index (χ1v) is 5.74. The van der Waals surface area contributed by atoms with Crippen LogP contribution in [0.5, 0.6) is 0 Å². The van der Waals surface area contributed by atoms with Crippen molar-refractivity contribution in [2.24, 2.45) is 7.05 Å². The fourth-order valence-corrected chi connectivity index (χ4v) is 1.89. The summed E-state index contributed by atoms with van der Waals surface area (Å²) >= 11 is 0. The number of fused-ring (bicyclic) bond motifs is 1. The van der Waals surface area contributed by atoms with Gasteiger partial charge in [0.1, 0.15) is 5.82 Å². The number of methoxy groups -OCH3 is 1. The number of aromatic nitrogens is 2. The fourth-order valence-electron chi connectivity index (χ4n) is 1.89. The number of aryl methyl sites for hydroxylation is 1. The Labute approximate surface area is 101 Å². The maximum atomic E-state index is 9.94. The third kappa shape index (κ3) is 2.33. The highest BCUT2D eigenvalue weighted by Gasteiger charge is 2.17. The molecule has 2 rings (SSSR count). The highest BCUT2D eigenvalue weighted by molar-refractivity contribution is 5.75. The number of nitrogens with zero attached hydrogens (tertiary/aromatic N) is 2. The van der Waals surface area contributed by atoms with E-state index < -0.39 is 6.10 Å². The van der Waals surface area contributed by atoms with E-state index in [0.717, 1.165) is 16.9 Å². The molecule has 1 aromatic heterocycles. The minimum atomic E-state index is -0.532. The van der Waals surface area contributed by atoms with Crippen molar-refractivity contribution in [1.29, 1.82) is 0 Å². The van der Waals surface area contributed by atoms with Crippen molar-refractivity contribution >= 4 is 11.0 Å². The van der Waals surface area contributed by atoms with Crippen LogP contribution in [0.15, 0.2) is 24.3 Å². The predicted molar refractivity (Wildman–Crippen MR) is 66.9 cm³/mol. The molecule has 4 nitrogen and oxygen atoms in total. The molecule has 0 aliphatic carbocycles. The van der Waals surface area contributed by atoms with Gasteiger partial charge in [0.15, 0.2) is 0 Å². The van der Waals surface area contributed by atoms with Crippen molar-refractivity contribution in [3.63, 3.8) is 0 Å². The molecule has 1 N–H and O–H groups in total. The second-order valence-corrected chi connectivity index (χ2v) is 4.29. The van der Waals surface area contributed by atoms with Crippen molar-refractivity contribution in [3.8, 4) is 0 Å². The molecule has 0 aliphatic rings. The lowest BCUT2D eigenvalue weighted by molar-refractivity contribution is -0.000763. The van der Waals surface area contributed by atoms with Crippen molar-refractivity contribution in [1.82, 2.24) is 9.55 Å². The van der Waals surface area contributed by atoms with Crippen LogP contribution in [0.4, 0.5) is 0 Å². The molecular weight excluding hydrogens is 216 g/mol. The van der Waals surface area contributed by atoms with E-state index in [-0.39, 0.29) is 6.10 Å². The maximum absolute atomic E-state index is 9.94. The monoisotopic (exact) mass is 234 g/mol. The summed E-state index contributed by atoms with van der Waals surface area (Å²) in [7, 11) is 3.57.